The van der Waals surface area contributed by atoms with Crippen LogP contribution in [0, 0.1) is 0 Å². The lowest BCUT2D eigenvalue weighted by molar-refractivity contribution is 0.500. The average Bonchev–Trinajstić information content (AvgIpc) is 2.79. The number of rotatable bonds is 6. The molecule has 0 aliphatic rings. The Morgan fingerprint density at radius 1 is 0.500 bits per heavy atom. The molecule has 0 fully saturated rings. The zero-order valence-electron chi connectivity index (χ0n) is 16.3. The van der Waals surface area contributed by atoms with Gasteiger partial charge in [-0.15, -0.1) is 5.46 Å². The van der Waals surface area contributed by atoms with Crippen molar-refractivity contribution in [1.29, 1.82) is 0 Å². The molecule has 0 saturated carbocycles. The van der Waals surface area contributed by atoms with Crippen LogP contribution in [0.5, 0.6) is 0 Å². The van der Waals surface area contributed by atoms with E-state index in [1.165, 1.54) is 12.1 Å². The van der Waals surface area contributed by atoms with Crippen molar-refractivity contribution in [2.24, 2.45) is 0 Å². The molecule has 30 heavy (non-hydrogen) atoms. The Bertz CT molecular complexity index is 1000. The minimum absolute atomic E-state index is 0.322. The summed E-state index contributed by atoms with van der Waals surface area (Å²) in [6, 6.07) is 36.0. The second kappa shape index (κ2) is 8.49. The lowest BCUT2D eigenvalue weighted by atomic mass is 9.77. The van der Waals surface area contributed by atoms with Crippen LogP contribution in [-0.4, -0.2) is 6.98 Å². The fourth-order valence-electron chi connectivity index (χ4n) is 4.02. The Morgan fingerprint density at radius 3 is 1.27 bits per heavy atom. The quantitative estimate of drug-likeness (QED) is 0.296. The van der Waals surface area contributed by atoms with Gasteiger partial charge < -0.3 is 12.9 Å². The van der Waals surface area contributed by atoms with Crippen molar-refractivity contribution in [3.05, 3.63) is 121 Å². The van der Waals surface area contributed by atoms with E-state index in [1.54, 1.807) is 12.1 Å². The van der Waals surface area contributed by atoms with E-state index >= 15 is 0 Å². The molecular formula is C25H21BF3P. The maximum atomic E-state index is 13.9. The first-order chi connectivity index (χ1) is 14.5. The van der Waals surface area contributed by atoms with Crippen molar-refractivity contribution in [2.45, 2.75) is 6.16 Å². The van der Waals surface area contributed by atoms with Crippen molar-refractivity contribution in [1.82, 2.24) is 0 Å². The SMILES string of the molecule is F[B-](F)(F)c1ccccc1C[P+](c1ccccc1)(c1ccccc1)c1ccccc1. The fraction of sp³-hybridized carbons (Fsp3) is 0.0400. The maximum absolute atomic E-state index is 13.9. The van der Waals surface area contributed by atoms with E-state index in [1.807, 2.05) is 54.6 Å². The van der Waals surface area contributed by atoms with Crippen LogP contribution in [0.1, 0.15) is 5.56 Å². The number of benzene rings is 4. The monoisotopic (exact) mass is 420 g/mol. The Kier molecular flexibility index (Phi) is 5.79. The summed E-state index contributed by atoms with van der Waals surface area (Å²) in [5, 5.41) is 3.23. The van der Waals surface area contributed by atoms with Crippen LogP contribution in [0.4, 0.5) is 12.9 Å². The Hall–Kier alpha value is -2.84. The summed E-state index contributed by atoms with van der Waals surface area (Å²) in [5.41, 5.74) is -0.139. The number of hydrogen-bond acceptors (Lipinski definition) is 0. The van der Waals surface area contributed by atoms with Crippen LogP contribution in [0.2, 0.25) is 0 Å². The van der Waals surface area contributed by atoms with Gasteiger partial charge in [0.1, 0.15) is 23.2 Å². The van der Waals surface area contributed by atoms with Crippen molar-refractivity contribution in [3.8, 4) is 0 Å². The molecule has 0 bridgehead atoms. The highest BCUT2D eigenvalue weighted by atomic mass is 31.2. The first-order valence-electron chi connectivity index (χ1n) is 9.84. The van der Waals surface area contributed by atoms with Crippen molar-refractivity contribution in [2.75, 3.05) is 0 Å². The summed E-state index contributed by atoms with van der Waals surface area (Å²) in [4.78, 5) is 0. The third-order valence-electron chi connectivity index (χ3n) is 5.41. The molecular weight excluding hydrogens is 399 g/mol. The molecule has 0 unspecified atom stereocenters. The summed E-state index contributed by atoms with van der Waals surface area (Å²) < 4.78 is 41.7. The van der Waals surface area contributed by atoms with Gasteiger partial charge in [0, 0.05) is 0 Å². The first-order valence-corrected chi connectivity index (χ1v) is 11.8. The Labute approximate surface area is 175 Å². The molecule has 150 valence electrons. The Balaban J connectivity index is 2.02. The van der Waals surface area contributed by atoms with Gasteiger partial charge in [-0.2, -0.15) is 0 Å². The molecule has 0 nitrogen and oxygen atoms in total. The van der Waals surface area contributed by atoms with Crippen molar-refractivity contribution in [3.63, 3.8) is 0 Å². The highest BCUT2D eigenvalue weighted by molar-refractivity contribution is 7.95. The summed E-state index contributed by atoms with van der Waals surface area (Å²) >= 11 is 0. The summed E-state index contributed by atoms with van der Waals surface area (Å²) in [6.07, 6.45) is 0.322. The average molecular weight is 420 g/mol. The van der Waals surface area contributed by atoms with Gasteiger partial charge in [0.15, 0.2) is 0 Å². The van der Waals surface area contributed by atoms with Crippen molar-refractivity contribution >= 4 is 35.6 Å². The summed E-state index contributed by atoms with van der Waals surface area (Å²) in [5.74, 6) is 0. The minimum Gasteiger partial charge on any atom is -0.445 e. The van der Waals surface area contributed by atoms with E-state index in [4.69, 9.17) is 0 Å². The van der Waals surface area contributed by atoms with E-state index in [9.17, 15) is 12.9 Å². The third-order valence-corrected chi connectivity index (χ3v) is 9.76. The van der Waals surface area contributed by atoms with Gasteiger partial charge in [-0.1, -0.05) is 78.9 Å². The van der Waals surface area contributed by atoms with E-state index in [-0.39, 0.29) is 0 Å². The molecule has 0 aliphatic heterocycles. The highest BCUT2D eigenvalue weighted by Crippen LogP contribution is 2.58. The van der Waals surface area contributed by atoms with Crippen LogP contribution < -0.4 is 21.4 Å². The van der Waals surface area contributed by atoms with E-state index < -0.39 is 19.7 Å². The second-order valence-electron chi connectivity index (χ2n) is 7.25. The van der Waals surface area contributed by atoms with E-state index in [0.717, 1.165) is 15.9 Å². The zero-order valence-corrected chi connectivity index (χ0v) is 17.2. The molecule has 0 N–H and O–H groups in total. The van der Waals surface area contributed by atoms with Gasteiger partial charge >= 0.3 is 6.98 Å². The normalized spacial score (nSPS) is 12.0. The summed E-state index contributed by atoms with van der Waals surface area (Å²) in [6.45, 7) is -5.10. The van der Waals surface area contributed by atoms with Gasteiger partial charge in [-0.25, -0.2) is 0 Å². The largest absolute Gasteiger partial charge is 0.510 e. The molecule has 4 aromatic rings. The third kappa shape index (κ3) is 3.93. The van der Waals surface area contributed by atoms with Crippen LogP contribution >= 0.6 is 7.26 Å². The van der Waals surface area contributed by atoms with Gasteiger partial charge in [0.05, 0.1) is 6.16 Å². The van der Waals surface area contributed by atoms with E-state index in [2.05, 4.69) is 36.4 Å². The maximum Gasteiger partial charge on any atom is 0.510 e. The van der Waals surface area contributed by atoms with Crippen LogP contribution in [-0.2, 0) is 6.16 Å². The van der Waals surface area contributed by atoms with Crippen LogP contribution in [0.25, 0.3) is 0 Å². The van der Waals surface area contributed by atoms with Crippen molar-refractivity contribution < 1.29 is 12.9 Å². The lowest BCUT2D eigenvalue weighted by Crippen LogP contribution is -2.39. The molecule has 0 heterocycles. The molecule has 0 aromatic heterocycles. The number of halogens is 3. The number of hydrogen-bond donors (Lipinski definition) is 0. The molecule has 0 spiro atoms. The van der Waals surface area contributed by atoms with Gasteiger partial charge in [-0.05, 0) is 42.0 Å². The molecule has 0 atom stereocenters. The van der Waals surface area contributed by atoms with Gasteiger partial charge in [0.25, 0.3) is 0 Å². The molecule has 0 saturated heterocycles. The topological polar surface area (TPSA) is 0 Å². The molecule has 0 amide bonds. The van der Waals surface area contributed by atoms with Crippen LogP contribution in [0.3, 0.4) is 0 Å². The lowest BCUT2D eigenvalue weighted by Gasteiger charge is -2.30. The highest BCUT2D eigenvalue weighted by Gasteiger charge is 2.46. The Morgan fingerprint density at radius 2 is 0.867 bits per heavy atom. The summed E-state index contributed by atoms with van der Waals surface area (Å²) in [7, 11) is -2.36. The molecule has 0 aliphatic carbocycles. The smallest absolute Gasteiger partial charge is 0.445 e. The first kappa shape index (κ1) is 20.4. The molecule has 0 radical (unpaired) electrons. The molecule has 4 rings (SSSR count). The zero-order chi connectivity index (χ0) is 21.0. The molecule has 5 heteroatoms. The predicted octanol–water partition coefficient (Wildman–Crippen LogP) is 5.24. The molecule has 4 aromatic carbocycles. The standard InChI is InChI=1S/C25H21BF3P/c27-26(28,29)25-19-11-10-12-21(25)20-30(22-13-4-1-5-14-22,23-15-6-2-7-16-23)24-17-8-3-9-18-24/h1-19H,20H2. The minimum atomic E-state index is -5.10. The second-order valence-corrected chi connectivity index (χ2v) is 10.7. The predicted molar refractivity (Wildman–Crippen MR) is 124 cm³/mol. The van der Waals surface area contributed by atoms with E-state index in [0.29, 0.717) is 11.7 Å². The van der Waals surface area contributed by atoms with Gasteiger partial charge in [0.2, 0.25) is 0 Å². The van der Waals surface area contributed by atoms with Gasteiger partial charge in [-0.3, -0.25) is 0 Å². The fourth-order valence-corrected chi connectivity index (χ4v) is 8.31. The van der Waals surface area contributed by atoms with Crippen LogP contribution in [0.15, 0.2) is 115 Å².